The van der Waals surface area contributed by atoms with E-state index in [1.54, 1.807) is 7.11 Å². The van der Waals surface area contributed by atoms with Crippen molar-refractivity contribution >= 4 is 17.4 Å². The van der Waals surface area contributed by atoms with E-state index >= 15 is 0 Å². The number of imide groups is 1. The van der Waals surface area contributed by atoms with Crippen LogP contribution >= 0.6 is 0 Å². The Bertz CT molecular complexity index is 810. The van der Waals surface area contributed by atoms with Crippen LogP contribution in [0.1, 0.15) is 31.2 Å². The molecule has 0 saturated carbocycles. The fourth-order valence-electron chi connectivity index (χ4n) is 4.55. The van der Waals surface area contributed by atoms with Gasteiger partial charge in [-0.2, -0.15) is 0 Å². The quantitative estimate of drug-likeness (QED) is 0.637. The molecule has 2 amide bonds. The maximum absolute atomic E-state index is 13.5. The lowest BCUT2D eigenvalue weighted by Crippen LogP contribution is -2.40. The summed E-state index contributed by atoms with van der Waals surface area (Å²) in [7, 11) is 1.60. The molecule has 0 N–H and O–H groups in total. The number of hydrogen-bond acceptors (Lipinski definition) is 6. The Morgan fingerprint density at radius 1 is 0.933 bits per heavy atom. The smallest absolute Gasteiger partial charge is 0.277 e. The molecule has 2 saturated heterocycles. The molecule has 1 aromatic rings. The lowest BCUT2D eigenvalue weighted by Gasteiger charge is -2.30. The minimum atomic E-state index is -0.202. The highest BCUT2D eigenvalue weighted by Gasteiger charge is 2.42. The average Bonchev–Trinajstić information content (AvgIpc) is 3.05. The number of amides is 2. The van der Waals surface area contributed by atoms with Crippen LogP contribution in [-0.4, -0.2) is 86.1 Å². The van der Waals surface area contributed by atoms with Crippen LogP contribution in [0.2, 0.25) is 0 Å². The van der Waals surface area contributed by atoms with Gasteiger partial charge in [-0.25, -0.2) is 0 Å². The highest BCUT2D eigenvalue weighted by Crippen LogP contribution is 2.37. The van der Waals surface area contributed by atoms with Gasteiger partial charge in [-0.15, -0.1) is 0 Å². The second-order valence-corrected chi connectivity index (χ2v) is 8.04. The van der Waals surface area contributed by atoms with E-state index in [0.29, 0.717) is 29.1 Å². The van der Waals surface area contributed by atoms with Gasteiger partial charge in [-0.3, -0.25) is 19.4 Å². The normalized spacial score (nSPS) is 21.0. The van der Waals surface area contributed by atoms with Gasteiger partial charge in [0.05, 0.1) is 25.9 Å². The van der Waals surface area contributed by atoms with E-state index in [4.69, 9.17) is 9.47 Å². The predicted octanol–water partition coefficient (Wildman–Crippen LogP) is 1.98. The third-order valence-electron chi connectivity index (χ3n) is 6.15. The number of carbonyl (C=O) groups excluding carboxylic acids is 2. The number of methoxy groups -OCH3 is 1. The van der Waals surface area contributed by atoms with Crippen LogP contribution in [0.15, 0.2) is 30.0 Å². The van der Waals surface area contributed by atoms with E-state index in [2.05, 4.69) is 9.80 Å². The maximum atomic E-state index is 13.5. The molecule has 0 spiro atoms. The van der Waals surface area contributed by atoms with Crippen molar-refractivity contribution < 1.29 is 19.1 Å². The van der Waals surface area contributed by atoms with E-state index in [9.17, 15) is 9.59 Å². The van der Waals surface area contributed by atoms with Crippen molar-refractivity contribution in [3.8, 4) is 5.75 Å². The second-order valence-electron chi connectivity index (χ2n) is 8.04. The molecule has 0 aliphatic carbocycles. The van der Waals surface area contributed by atoms with Gasteiger partial charge < -0.3 is 14.4 Å². The van der Waals surface area contributed by atoms with E-state index < -0.39 is 0 Å². The lowest BCUT2D eigenvalue weighted by molar-refractivity contribution is -0.137. The molecule has 0 radical (unpaired) electrons. The summed E-state index contributed by atoms with van der Waals surface area (Å²) in [6, 6.07) is 7.48. The average molecular weight is 414 g/mol. The van der Waals surface area contributed by atoms with Gasteiger partial charge in [0.2, 0.25) is 0 Å². The molecule has 0 bridgehead atoms. The van der Waals surface area contributed by atoms with E-state index in [1.807, 2.05) is 24.3 Å². The molecule has 3 aliphatic rings. The van der Waals surface area contributed by atoms with Gasteiger partial charge in [-0.05, 0) is 31.7 Å². The molecule has 4 rings (SSSR count). The highest BCUT2D eigenvalue weighted by molar-refractivity contribution is 6.36. The van der Waals surface area contributed by atoms with Gasteiger partial charge in [0.15, 0.2) is 0 Å². The predicted molar refractivity (Wildman–Crippen MR) is 114 cm³/mol. The third-order valence-corrected chi connectivity index (χ3v) is 6.15. The molecule has 30 heavy (non-hydrogen) atoms. The summed E-state index contributed by atoms with van der Waals surface area (Å²) in [6.07, 6.45) is 4.02. The zero-order valence-corrected chi connectivity index (χ0v) is 17.8. The molecule has 2 fully saturated rings. The van der Waals surface area contributed by atoms with Crippen LogP contribution in [0.4, 0.5) is 0 Å². The van der Waals surface area contributed by atoms with Crippen molar-refractivity contribution in [2.24, 2.45) is 0 Å². The summed E-state index contributed by atoms with van der Waals surface area (Å²) in [5.74, 6) is 0.259. The highest BCUT2D eigenvalue weighted by atomic mass is 16.5. The summed E-state index contributed by atoms with van der Waals surface area (Å²) < 4.78 is 10.9. The molecule has 3 heterocycles. The van der Waals surface area contributed by atoms with Gasteiger partial charge in [-0.1, -0.05) is 18.2 Å². The molecular weight excluding hydrogens is 382 g/mol. The van der Waals surface area contributed by atoms with Crippen molar-refractivity contribution in [2.45, 2.75) is 25.7 Å². The first-order valence-electron chi connectivity index (χ1n) is 11.0. The summed E-state index contributed by atoms with van der Waals surface area (Å²) in [4.78, 5) is 32.7. The number of benzene rings is 1. The third kappa shape index (κ3) is 4.23. The Balaban J connectivity index is 1.57. The molecule has 0 atom stereocenters. The Kier molecular flexibility index (Phi) is 6.69. The van der Waals surface area contributed by atoms with E-state index in [1.165, 1.54) is 11.3 Å². The van der Waals surface area contributed by atoms with Crippen LogP contribution < -0.4 is 4.74 Å². The number of rotatable bonds is 7. The van der Waals surface area contributed by atoms with Gasteiger partial charge in [0.25, 0.3) is 11.8 Å². The molecule has 0 aromatic heterocycles. The van der Waals surface area contributed by atoms with Crippen molar-refractivity contribution in [2.75, 3.05) is 59.6 Å². The van der Waals surface area contributed by atoms with Crippen molar-refractivity contribution in [3.63, 3.8) is 0 Å². The van der Waals surface area contributed by atoms with Crippen molar-refractivity contribution in [3.05, 3.63) is 35.5 Å². The van der Waals surface area contributed by atoms with Crippen LogP contribution in [0.3, 0.4) is 0 Å². The monoisotopic (exact) mass is 413 g/mol. The van der Waals surface area contributed by atoms with Gasteiger partial charge >= 0.3 is 0 Å². The SMILES string of the molecule is COc1ccccc1C1=C(N2CCCCC2)C(=O)N(CCCN2CCOCC2)C1=O. The molecule has 7 nitrogen and oxygen atoms in total. The number of piperidine rings is 1. The summed E-state index contributed by atoms with van der Waals surface area (Å²) in [5.41, 5.74) is 1.75. The standard InChI is InChI=1S/C23H31N3O4/c1-29-19-9-4-3-8-18(19)20-21(25-11-5-2-6-12-25)23(28)26(22(20)27)13-7-10-24-14-16-30-17-15-24/h3-4,8-9H,2,5-7,10-17H2,1H3. The number of hydrogen-bond donors (Lipinski definition) is 0. The molecule has 7 heteroatoms. The van der Waals surface area contributed by atoms with Crippen LogP contribution in [0, 0.1) is 0 Å². The first kappa shape index (κ1) is 20.9. The number of nitrogens with zero attached hydrogens (tertiary/aromatic N) is 3. The van der Waals surface area contributed by atoms with Crippen molar-refractivity contribution in [1.82, 2.24) is 14.7 Å². The fourth-order valence-corrected chi connectivity index (χ4v) is 4.55. The molecule has 1 aromatic carbocycles. The van der Waals surface area contributed by atoms with E-state index in [-0.39, 0.29) is 11.8 Å². The van der Waals surface area contributed by atoms with Crippen LogP contribution in [0.25, 0.3) is 5.57 Å². The minimum Gasteiger partial charge on any atom is -0.496 e. The Morgan fingerprint density at radius 3 is 2.40 bits per heavy atom. The minimum absolute atomic E-state index is 0.162. The summed E-state index contributed by atoms with van der Waals surface area (Å²) >= 11 is 0. The number of likely N-dealkylation sites (tertiary alicyclic amines) is 1. The van der Waals surface area contributed by atoms with Crippen LogP contribution in [0.5, 0.6) is 5.75 Å². The van der Waals surface area contributed by atoms with E-state index in [0.717, 1.165) is 65.2 Å². The molecule has 162 valence electrons. The second kappa shape index (κ2) is 9.62. The zero-order chi connectivity index (χ0) is 20.9. The Morgan fingerprint density at radius 2 is 1.67 bits per heavy atom. The maximum Gasteiger partial charge on any atom is 0.277 e. The van der Waals surface area contributed by atoms with Gasteiger partial charge in [0.1, 0.15) is 11.4 Å². The van der Waals surface area contributed by atoms with Crippen LogP contribution in [-0.2, 0) is 14.3 Å². The summed E-state index contributed by atoms with van der Waals surface area (Å²) in [5, 5.41) is 0. The largest absolute Gasteiger partial charge is 0.496 e. The number of carbonyl (C=O) groups is 2. The number of morpholine rings is 1. The van der Waals surface area contributed by atoms with Crippen molar-refractivity contribution in [1.29, 1.82) is 0 Å². The first-order chi connectivity index (χ1) is 14.7. The summed E-state index contributed by atoms with van der Waals surface area (Å²) in [6.45, 7) is 6.25. The fraction of sp³-hybridized carbons (Fsp3) is 0.565. The molecule has 0 unspecified atom stereocenters. The Hall–Kier alpha value is -2.38. The lowest BCUT2D eigenvalue weighted by atomic mass is 10.0. The Labute approximate surface area is 178 Å². The first-order valence-corrected chi connectivity index (χ1v) is 11.0. The topological polar surface area (TPSA) is 62.3 Å². The molecular formula is C23H31N3O4. The van der Waals surface area contributed by atoms with Gasteiger partial charge in [0, 0.05) is 44.8 Å². The number of ether oxygens (including phenoxy) is 2. The zero-order valence-electron chi connectivity index (χ0n) is 17.8. The molecule has 3 aliphatic heterocycles. The number of para-hydroxylation sites is 1.